The third-order valence-electron chi connectivity index (χ3n) is 5.66. The summed E-state index contributed by atoms with van der Waals surface area (Å²) in [5, 5.41) is 6.24. The van der Waals surface area contributed by atoms with Gasteiger partial charge in [-0.3, -0.25) is 9.59 Å². The van der Waals surface area contributed by atoms with Crippen LogP contribution < -0.4 is 10.6 Å². The molecule has 0 heterocycles. The lowest BCUT2D eigenvalue weighted by atomic mass is 9.82. The quantitative estimate of drug-likeness (QED) is 0.756. The Kier molecular flexibility index (Phi) is 7.38. The molecule has 4 nitrogen and oxygen atoms in total. The molecule has 23 heavy (non-hydrogen) atoms. The molecule has 0 radical (unpaired) electrons. The summed E-state index contributed by atoms with van der Waals surface area (Å²) in [4.78, 5) is 23.7. The molecule has 4 heteroatoms. The van der Waals surface area contributed by atoms with E-state index in [0.717, 1.165) is 32.4 Å². The molecule has 0 aromatic rings. The van der Waals surface area contributed by atoms with Gasteiger partial charge in [0, 0.05) is 25.4 Å². The molecule has 2 unspecified atom stereocenters. The highest BCUT2D eigenvalue weighted by molar-refractivity contribution is 5.78. The third-order valence-corrected chi connectivity index (χ3v) is 5.66. The highest BCUT2D eigenvalue weighted by Crippen LogP contribution is 2.31. The maximum absolute atomic E-state index is 12.2. The Hall–Kier alpha value is -1.06. The minimum Gasteiger partial charge on any atom is -0.356 e. The summed E-state index contributed by atoms with van der Waals surface area (Å²) >= 11 is 0. The number of hydrogen-bond donors (Lipinski definition) is 2. The summed E-state index contributed by atoms with van der Waals surface area (Å²) in [6, 6.07) is 0. The van der Waals surface area contributed by atoms with Crippen LogP contribution in [0.2, 0.25) is 0 Å². The topological polar surface area (TPSA) is 58.2 Å². The molecule has 2 aliphatic carbocycles. The van der Waals surface area contributed by atoms with Crippen molar-refractivity contribution in [3.63, 3.8) is 0 Å². The lowest BCUT2D eigenvalue weighted by Crippen LogP contribution is -2.36. The Balaban J connectivity index is 1.57. The first-order valence-electron chi connectivity index (χ1n) is 9.62. The van der Waals surface area contributed by atoms with Crippen LogP contribution in [0.3, 0.4) is 0 Å². The van der Waals surface area contributed by atoms with E-state index in [0.29, 0.717) is 24.2 Å². The number of carbonyl (C=O) groups excluding carboxylic acids is 2. The number of nitrogens with one attached hydrogen (secondary N) is 2. The highest BCUT2D eigenvalue weighted by Gasteiger charge is 2.28. The third kappa shape index (κ3) is 6.15. The lowest BCUT2D eigenvalue weighted by Gasteiger charge is -2.29. The first kappa shape index (κ1) is 18.3. The van der Waals surface area contributed by atoms with E-state index >= 15 is 0 Å². The van der Waals surface area contributed by atoms with Crippen molar-refractivity contribution in [2.24, 2.45) is 23.7 Å². The summed E-state index contributed by atoms with van der Waals surface area (Å²) in [5.41, 5.74) is 0. The molecule has 2 amide bonds. The maximum Gasteiger partial charge on any atom is 0.223 e. The van der Waals surface area contributed by atoms with E-state index in [9.17, 15) is 9.59 Å². The molecule has 2 fully saturated rings. The second kappa shape index (κ2) is 9.29. The Labute approximate surface area is 141 Å². The molecule has 0 saturated heterocycles. The van der Waals surface area contributed by atoms with Crippen LogP contribution in [0.4, 0.5) is 0 Å². The normalized spacial score (nSPS) is 30.9. The SMILES string of the molecule is CCCC(=O)NCC1CCC(CNC(=O)C2CCC(C)C2)CC1. The maximum atomic E-state index is 12.2. The van der Waals surface area contributed by atoms with Gasteiger partial charge in [0.25, 0.3) is 0 Å². The molecule has 0 aliphatic heterocycles. The lowest BCUT2D eigenvalue weighted by molar-refractivity contribution is -0.125. The van der Waals surface area contributed by atoms with Gasteiger partial charge in [-0.2, -0.15) is 0 Å². The number of amides is 2. The summed E-state index contributed by atoms with van der Waals surface area (Å²) in [6.45, 7) is 5.95. The van der Waals surface area contributed by atoms with Crippen molar-refractivity contribution in [1.82, 2.24) is 10.6 Å². The molecular formula is C19H34N2O2. The van der Waals surface area contributed by atoms with E-state index in [2.05, 4.69) is 17.6 Å². The van der Waals surface area contributed by atoms with Crippen LogP contribution in [-0.4, -0.2) is 24.9 Å². The molecule has 0 bridgehead atoms. The highest BCUT2D eigenvalue weighted by atomic mass is 16.2. The summed E-state index contributed by atoms with van der Waals surface area (Å²) < 4.78 is 0. The first-order valence-corrected chi connectivity index (χ1v) is 9.62. The average Bonchev–Trinajstić information content (AvgIpc) is 2.98. The van der Waals surface area contributed by atoms with Crippen molar-refractivity contribution in [2.75, 3.05) is 13.1 Å². The smallest absolute Gasteiger partial charge is 0.223 e. The van der Waals surface area contributed by atoms with Crippen LogP contribution in [0.1, 0.15) is 71.6 Å². The van der Waals surface area contributed by atoms with Crippen molar-refractivity contribution in [1.29, 1.82) is 0 Å². The molecule has 0 aromatic heterocycles. The Bertz CT molecular complexity index is 389. The van der Waals surface area contributed by atoms with Crippen LogP contribution >= 0.6 is 0 Å². The van der Waals surface area contributed by atoms with Gasteiger partial charge in [-0.05, 0) is 69.1 Å². The van der Waals surface area contributed by atoms with Crippen LogP contribution in [-0.2, 0) is 9.59 Å². The van der Waals surface area contributed by atoms with E-state index < -0.39 is 0 Å². The van der Waals surface area contributed by atoms with Gasteiger partial charge in [-0.25, -0.2) is 0 Å². The van der Waals surface area contributed by atoms with Gasteiger partial charge in [0.2, 0.25) is 11.8 Å². The molecular weight excluding hydrogens is 288 g/mol. The molecule has 2 saturated carbocycles. The van der Waals surface area contributed by atoms with Crippen LogP contribution in [0.25, 0.3) is 0 Å². The van der Waals surface area contributed by atoms with Crippen molar-refractivity contribution in [2.45, 2.75) is 71.6 Å². The molecule has 0 spiro atoms. The van der Waals surface area contributed by atoms with Crippen molar-refractivity contribution in [3.8, 4) is 0 Å². The summed E-state index contributed by atoms with van der Waals surface area (Å²) in [7, 11) is 0. The standard InChI is InChI=1S/C19H34N2O2/c1-3-4-18(22)20-12-15-6-8-16(9-7-15)13-21-19(23)17-10-5-14(2)11-17/h14-17H,3-13H2,1-2H3,(H,20,22)(H,21,23). The Morgan fingerprint density at radius 2 is 1.52 bits per heavy atom. The largest absolute Gasteiger partial charge is 0.356 e. The fourth-order valence-electron chi connectivity index (χ4n) is 4.05. The average molecular weight is 322 g/mol. The van der Waals surface area contributed by atoms with Crippen molar-refractivity contribution < 1.29 is 9.59 Å². The minimum absolute atomic E-state index is 0.188. The molecule has 2 aliphatic rings. The fraction of sp³-hybridized carbons (Fsp3) is 0.895. The van der Waals surface area contributed by atoms with Gasteiger partial charge in [0.05, 0.1) is 0 Å². The monoisotopic (exact) mass is 322 g/mol. The molecule has 2 N–H and O–H groups in total. The van der Waals surface area contributed by atoms with E-state index in [-0.39, 0.29) is 17.7 Å². The van der Waals surface area contributed by atoms with E-state index in [4.69, 9.17) is 0 Å². The second-order valence-electron chi connectivity index (χ2n) is 7.80. The second-order valence-corrected chi connectivity index (χ2v) is 7.80. The zero-order valence-electron chi connectivity index (χ0n) is 14.9. The molecule has 2 atom stereocenters. The predicted molar refractivity (Wildman–Crippen MR) is 92.9 cm³/mol. The molecule has 132 valence electrons. The van der Waals surface area contributed by atoms with Crippen LogP contribution in [0, 0.1) is 23.7 Å². The first-order chi connectivity index (χ1) is 11.1. The van der Waals surface area contributed by atoms with Gasteiger partial charge in [0.15, 0.2) is 0 Å². The van der Waals surface area contributed by atoms with E-state index in [1.54, 1.807) is 0 Å². The Morgan fingerprint density at radius 3 is 2.04 bits per heavy atom. The molecule has 2 rings (SSSR count). The van der Waals surface area contributed by atoms with Gasteiger partial charge in [-0.15, -0.1) is 0 Å². The van der Waals surface area contributed by atoms with Crippen LogP contribution in [0.15, 0.2) is 0 Å². The zero-order valence-corrected chi connectivity index (χ0v) is 14.9. The molecule has 0 aromatic carbocycles. The van der Waals surface area contributed by atoms with Gasteiger partial charge < -0.3 is 10.6 Å². The van der Waals surface area contributed by atoms with Crippen molar-refractivity contribution >= 4 is 11.8 Å². The predicted octanol–water partition coefficient (Wildman–Crippen LogP) is 3.26. The summed E-state index contributed by atoms with van der Waals surface area (Å²) in [5.74, 6) is 2.69. The minimum atomic E-state index is 0.188. The number of hydrogen-bond acceptors (Lipinski definition) is 2. The number of carbonyl (C=O) groups is 2. The zero-order chi connectivity index (χ0) is 16.7. The summed E-state index contributed by atoms with van der Waals surface area (Å²) in [6.07, 6.45) is 9.59. The number of rotatable bonds is 7. The Morgan fingerprint density at radius 1 is 0.913 bits per heavy atom. The van der Waals surface area contributed by atoms with Gasteiger partial charge in [-0.1, -0.05) is 13.8 Å². The van der Waals surface area contributed by atoms with Gasteiger partial charge >= 0.3 is 0 Å². The van der Waals surface area contributed by atoms with Crippen molar-refractivity contribution in [3.05, 3.63) is 0 Å². The van der Waals surface area contributed by atoms with Crippen LogP contribution in [0.5, 0.6) is 0 Å². The van der Waals surface area contributed by atoms with E-state index in [1.807, 2.05) is 6.92 Å². The fourth-order valence-corrected chi connectivity index (χ4v) is 4.05. The van der Waals surface area contributed by atoms with Gasteiger partial charge in [0.1, 0.15) is 0 Å². The van der Waals surface area contributed by atoms with E-state index in [1.165, 1.54) is 32.1 Å².